The van der Waals surface area contributed by atoms with Crippen LogP contribution in [-0.2, 0) is 0 Å². The number of imidazole rings is 1. The van der Waals surface area contributed by atoms with Crippen molar-refractivity contribution in [1.82, 2.24) is 24.1 Å². The molecule has 1 saturated carbocycles. The molecule has 6 heteroatoms. The second-order valence-corrected chi connectivity index (χ2v) is 8.50. The molecule has 0 aromatic carbocycles. The van der Waals surface area contributed by atoms with Crippen LogP contribution in [-0.4, -0.2) is 82.3 Å². The number of amides is 1. The van der Waals surface area contributed by atoms with E-state index in [2.05, 4.69) is 42.1 Å². The van der Waals surface area contributed by atoms with Crippen molar-refractivity contribution in [3.05, 3.63) is 35.9 Å². The van der Waals surface area contributed by atoms with E-state index in [0.717, 1.165) is 37.5 Å². The van der Waals surface area contributed by atoms with E-state index in [1.54, 1.807) is 0 Å². The molecule has 2 unspecified atom stereocenters. The fourth-order valence-corrected chi connectivity index (χ4v) is 4.28. The van der Waals surface area contributed by atoms with E-state index in [-0.39, 0.29) is 5.91 Å². The molecule has 2 aromatic rings. The number of hydrogen-bond acceptors (Lipinski definition) is 4. The summed E-state index contributed by atoms with van der Waals surface area (Å²) in [4.78, 5) is 24.9. The minimum atomic E-state index is 0.0801. The summed E-state index contributed by atoms with van der Waals surface area (Å²) in [6, 6.07) is 6.74. The Kier molecular flexibility index (Phi) is 4.95. The molecule has 27 heavy (non-hydrogen) atoms. The Balaban J connectivity index is 1.55. The second-order valence-electron chi connectivity index (χ2n) is 8.50. The van der Waals surface area contributed by atoms with E-state index in [4.69, 9.17) is 4.98 Å². The molecule has 0 bridgehead atoms. The lowest BCUT2D eigenvalue weighted by atomic mass is 10.1. The molecule has 0 radical (unpaired) electrons. The van der Waals surface area contributed by atoms with Crippen molar-refractivity contribution in [3.63, 3.8) is 0 Å². The summed E-state index contributed by atoms with van der Waals surface area (Å²) in [5, 5.41) is 0. The summed E-state index contributed by atoms with van der Waals surface area (Å²) in [7, 11) is 4.22. The van der Waals surface area contributed by atoms with Gasteiger partial charge in [0.25, 0.3) is 5.91 Å². The molecule has 1 aliphatic carbocycles. The number of likely N-dealkylation sites (N-methyl/N-ethyl adjacent to an activating group) is 1. The Morgan fingerprint density at radius 3 is 2.52 bits per heavy atom. The number of fused-ring (bicyclic) bond motifs is 1. The Bertz CT molecular complexity index is 813. The number of nitrogens with zero attached hydrogens (tertiary/aromatic N) is 5. The van der Waals surface area contributed by atoms with Gasteiger partial charge in [0, 0.05) is 50.4 Å². The number of pyridine rings is 1. The molecule has 6 nitrogen and oxygen atoms in total. The van der Waals surface area contributed by atoms with Gasteiger partial charge in [-0.15, -0.1) is 0 Å². The van der Waals surface area contributed by atoms with Crippen LogP contribution in [0, 0.1) is 0 Å². The van der Waals surface area contributed by atoms with Gasteiger partial charge in [0.15, 0.2) is 5.69 Å². The van der Waals surface area contributed by atoms with Gasteiger partial charge in [-0.2, -0.15) is 0 Å². The van der Waals surface area contributed by atoms with Crippen LogP contribution in [0.15, 0.2) is 24.4 Å². The Morgan fingerprint density at radius 2 is 1.89 bits per heavy atom. The predicted molar refractivity (Wildman–Crippen MR) is 107 cm³/mol. The summed E-state index contributed by atoms with van der Waals surface area (Å²) in [6.07, 6.45) is 4.40. The standard InChI is InChI=1S/C21H31N5O/c1-15-13-24(14-16(2)25(15)12-11-23(3)4)21(27)19-18-7-5-6-10-26(18)20(22-19)17-8-9-17/h5-7,10,15-17H,8-9,11-14H2,1-4H3. The highest BCUT2D eigenvalue weighted by Gasteiger charge is 2.35. The predicted octanol–water partition coefficient (Wildman–Crippen LogP) is 2.31. The lowest BCUT2D eigenvalue weighted by molar-refractivity contribution is 0.0280. The first-order chi connectivity index (χ1) is 13.0. The molecule has 1 saturated heterocycles. The summed E-state index contributed by atoms with van der Waals surface area (Å²) in [5.74, 6) is 1.65. The van der Waals surface area contributed by atoms with Crippen molar-refractivity contribution in [2.75, 3.05) is 40.3 Å². The molecule has 146 valence electrons. The van der Waals surface area contributed by atoms with Gasteiger partial charge >= 0.3 is 0 Å². The number of rotatable bonds is 5. The van der Waals surface area contributed by atoms with Gasteiger partial charge in [0.05, 0.1) is 5.52 Å². The van der Waals surface area contributed by atoms with Gasteiger partial charge in [-0.3, -0.25) is 9.69 Å². The van der Waals surface area contributed by atoms with E-state index < -0.39 is 0 Å². The molecule has 3 heterocycles. The number of carbonyl (C=O) groups is 1. The highest BCUT2D eigenvalue weighted by atomic mass is 16.2. The minimum absolute atomic E-state index is 0.0801. The van der Waals surface area contributed by atoms with Crippen LogP contribution < -0.4 is 0 Å². The van der Waals surface area contributed by atoms with Crippen molar-refractivity contribution in [2.45, 2.75) is 44.7 Å². The van der Waals surface area contributed by atoms with Crippen molar-refractivity contribution in [1.29, 1.82) is 0 Å². The maximum absolute atomic E-state index is 13.4. The zero-order chi connectivity index (χ0) is 19.1. The second kappa shape index (κ2) is 7.24. The van der Waals surface area contributed by atoms with Crippen LogP contribution in [0.2, 0.25) is 0 Å². The highest BCUT2D eigenvalue weighted by molar-refractivity contribution is 5.99. The number of carbonyl (C=O) groups excluding carboxylic acids is 1. The van der Waals surface area contributed by atoms with Crippen LogP contribution in [0.3, 0.4) is 0 Å². The van der Waals surface area contributed by atoms with Crippen LogP contribution in [0.4, 0.5) is 0 Å². The minimum Gasteiger partial charge on any atom is -0.334 e. The quantitative estimate of drug-likeness (QED) is 0.811. The van der Waals surface area contributed by atoms with E-state index in [1.165, 1.54) is 12.8 Å². The third-order valence-corrected chi connectivity index (χ3v) is 5.91. The van der Waals surface area contributed by atoms with E-state index in [0.29, 0.717) is 23.7 Å². The van der Waals surface area contributed by atoms with E-state index in [1.807, 2.05) is 29.3 Å². The molecular weight excluding hydrogens is 338 g/mol. The van der Waals surface area contributed by atoms with Crippen LogP contribution in [0.1, 0.15) is 48.9 Å². The molecule has 1 amide bonds. The van der Waals surface area contributed by atoms with Gasteiger partial charge in [0.1, 0.15) is 5.82 Å². The first-order valence-corrected chi connectivity index (χ1v) is 10.1. The highest BCUT2D eigenvalue weighted by Crippen LogP contribution is 2.40. The summed E-state index contributed by atoms with van der Waals surface area (Å²) >= 11 is 0. The lowest BCUT2D eigenvalue weighted by Gasteiger charge is -2.44. The Morgan fingerprint density at radius 1 is 1.19 bits per heavy atom. The molecule has 4 rings (SSSR count). The van der Waals surface area contributed by atoms with Crippen LogP contribution >= 0.6 is 0 Å². The molecule has 0 spiro atoms. The van der Waals surface area contributed by atoms with Crippen molar-refractivity contribution >= 4 is 11.4 Å². The summed E-state index contributed by atoms with van der Waals surface area (Å²) in [6.45, 7) is 8.07. The fourth-order valence-electron chi connectivity index (χ4n) is 4.28. The number of piperazine rings is 1. The Labute approximate surface area is 161 Å². The summed E-state index contributed by atoms with van der Waals surface area (Å²) in [5.41, 5.74) is 1.57. The molecule has 1 aliphatic heterocycles. The van der Waals surface area contributed by atoms with Gasteiger partial charge in [-0.25, -0.2) is 4.98 Å². The van der Waals surface area contributed by atoms with Gasteiger partial charge in [0.2, 0.25) is 0 Å². The average Bonchev–Trinajstić information content (AvgIpc) is 3.40. The fraction of sp³-hybridized carbons (Fsp3) is 0.619. The van der Waals surface area contributed by atoms with Gasteiger partial charge in [-0.1, -0.05) is 6.07 Å². The topological polar surface area (TPSA) is 44.1 Å². The van der Waals surface area contributed by atoms with E-state index >= 15 is 0 Å². The average molecular weight is 370 g/mol. The molecule has 2 aliphatic rings. The lowest BCUT2D eigenvalue weighted by Crippen LogP contribution is -2.59. The Hall–Kier alpha value is -1.92. The maximum Gasteiger partial charge on any atom is 0.274 e. The zero-order valence-corrected chi connectivity index (χ0v) is 16.9. The molecule has 2 aromatic heterocycles. The first kappa shape index (κ1) is 18.4. The van der Waals surface area contributed by atoms with Gasteiger partial charge in [-0.05, 0) is 52.9 Å². The maximum atomic E-state index is 13.4. The van der Waals surface area contributed by atoms with E-state index in [9.17, 15) is 4.79 Å². The SMILES string of the molecule is CC1CN(C(=O)c2nc(C3CC3)n3ccccc23)CC(C)N1CCN(C)C. The van der Waals surface area contributed by atoms with Crippen LogP contribution in [0.25, 0.3) is 5.52 Å². The third kappa shape index (κ3) is 3.60. The third-order valence-electron chi connectivity index (χ3n) is 5.91. The number of aromatic nitrogens is 2. The molecular formula is C21H31N5O. The monoisotopic (exact) mass is 369 g/mol. The molecule has 2 atom stereocenters. The normalized spacial score (nSPS) is 24.1. The van der Waals surface area contributed by atoms with Crippen molar-refractivity contribution < 1.29 is 4.79 Å². The number of hydrogen-bond donors (Lipinski definition) is 0. The summed E-state index contributed by atoms with van der Waals surface area (Å²) < 4.78 is 2.12. The smallest absolute Gasteiger partial charge is 0.274 e. The first-order valence-electron chi connectivity index (χ1n) is 10.1. The van der Waals surface area contributed by atoms with Crippen molar-refractivity contribution in [2.24, 2.45) is 0 Å². The van der Waals surface area contributed by atoms with Gasteiger partial charge < -0.3 is 14.2 Å². The zero-order valence-electron chi connectivity index (χ0n) is 16.9. The van der Waals surface area contributed by atoms with Crippen molar-refractivity contribution in [3.8, 4) is 0 Å². The molecule has 0 N–H and O–H groups in total. The molecule has 2 fully saturated rings. The largest absolute Gasteiger partial charge is 0.334 e. The van der Waals surface area contributed by atoms with Crippen LogP contribution in [0.5, 0.6) is 0 Å².